The molecule has 0 spiro atoms. The van der Waals surface area contributed by atoms with E-state index in [1.54, 1.807) is 26.4 Å². The number of hydrogen-bond acceptors (Lipinski definition) is 7. The Hall–Kier alpha value is -2.46. The third-order valence-corrected chi connectivity index (χ3v) is 8.00. The molecule has 1 saturated heterocycles. The van der Waals surface area contributed by atoms with Gasteiger partial charge in [0.2, 0.25) is 10.0 Å². The van der Waals surface area contributed by atoms with Crippen molar-refractivity contribution in [1.29, 1.82) is 0 Å². The molecule has 0 saturated carbocycles. The number of hydrogen-bond donors (Lipinski definition) is 1. The van der Waals surface area contributed by atoms with Crippen LogP contribution in [0, 0.1) is 0 Å². The maximum Gasteiger partial charge on any atom is 0.242 e. The van der Waals surface area contributed by atoms with Gasteiger partial charge < -0.3 is 14.8 Å². The van der Waals surface area contributed by atoms with Crippen LogP contribution in [0.15, 0.2) is 47.4 Å². The highest BCUT2D eigenvalue weighted by Gasteiger charge is 2.26. The van der Waals surface area contributed by atoms with Crippen molar-refractivity contribution in [2.24, 2.45) is 0 Å². The summed E-state index contributed by atoms with van der Waals surface area (Å²) in [5.41, 5.74) is 1.38. The van der Waals surface area contributed by atoms with E-state index in [0.29, 0.717) is 12.1 Å². The second kappa shape index (κ2) is 11.8. The maximum absolute atomic E-state index is 12.9. The number of Topliss-reactive ketones (excluding diaryl/α,β-unsaturated/α-hetero) is 1. The van der Waals surface area contributed by atoms with Gasteiger partial charge in [0.05, 0.1) is 31.7 Å². The first-order valence-corrected chi connectivity index (χ1v) is 12.9. The van der Waals surface area contributed by atoms with E-state index < -0.39 is 10.0 Å². The van der Waals surface area contributed by atoms with E-state index in [9.17, 15) is 13.2 Å². The Balaban J connectivity index is 1.76. The smallest absolute Gasteiger partial charge is 0.242 e. The number of carbonyl (C=O) groups excluding carboxylic acids is 1. The highest BCUT2D eigenvalue weighted by atomic mass is 32.2. The van der Waals surface area contributed by atoms with Crippen molar-refractivity contribution in [3.05, 3.63) is 53.6 Å². The Labute approximate surface area is 202 Å². The van der Waals surface area contributed by atoms with Crippen molar-refractivity contribution in [3.63, 3.8) is 0 Å². The van der Waals surface area contributed by atoms with Crippen molar-refractivity contribution < 1.29 is 22.7 Å². The van der Waals surface area contributed by atoms with Gasteiger partial charge in [0, 0.05) is 31.8 Å². The average Bonchev–Trinajstić information content (AvgIpc) is 2.86. The monoisotopic (exact) mass is 489 g/mol. The minimum absolute atomic E-state index is 0.0126. The number of piperidine rings is 1. The third kappa shape index (κ3) is 6.15. The zero-order valence-corrected chi connectivity index (χ0v) is 21.2. The van der Waals surface area contributed by atoms with E-state index in [1.807, 2.05) is 18.2 Å². The summed E-state index contributed by atoms with van der Waals surface area (Å²) in [4.78, 5) is 15.4. The molecule has 2 aromatic rings. The number of ether oxygens (including phenoxy) is 2. The molecular weight excluding hydrogens is 454 g/mol. The molecule has 1 N–H and O–H groups in total. The van der Waals surface area contributed by atoms with Gasteiger partial charge in [0.1, 0.15) is 11.5 Å². The summed E-state index contributed by atoms with van der Waals surface area (Å²) in [6.45, 7) is 2.60. The lowest BCUT2D eigenvalue weighted by molar-refractivity contribution is 0.0983. The van der Waals surface area contributed by atoms with Crippen LogP contribution in [-0.2, 0) is 10.0 Å². The van der Waals surface area contributed by atoms with Gasteiger partial charge in [-0.1, -0.05) is 18.6 Å². The topological polar surface area (TPSA) is 88.2 Å². The Morgan fingerprint density at radius 2 is 1.79 bits per heavy atom. The van der Waals surface area contributed by atoms with Crippen molar-refractivity contribution in [2.75, 3.05) is 54.5 Å². The normalized spacial score (nSPS) is 15.8. The van der Waals surface area contributed by atoms with E-state index in [1.165, 1.54) is 32.6 Å². The van der Waals surface area contributed by atoms with E-state index in [4.69, 9.17) is 9.47 Å². The second-order valence-electron chi connectivity index (χ2n) is 8.59. The molecule has 9 heteroatoms. The molecule has 1 fully saturated rings. The van der Waals surface area contributed by atoms with Gasteiger partial charge in [0.25, 0.3) is 0 Å². The highest BCUT2D eigenvalue weighted by molar-refractivity contribution is 7.89. The Morgan fingerprint density at radius 1 is 1.06 bits per heavy atom. The molecule has 0 aliphatic carbocycles. The van der Waals surface area contributed by atoms with Crippen molar-refractivity contribution in [2.45, 2.75) is 30.2 Å². The van der Waals surface area contributed by atoms with Gasteiger partial charge in [-0.2, -0.15) is 0 Å². The molecule has 8 nitrogen and oxygen atoms in total. The maximum atomic E-state index is 12.9. The fourth-order valence-electron chi connectivity index (χ4n) is 4.23. The predicted octanol–water partition coefficient (Wildman–Crippen LogP) is 2.95. The standard InChI is InChI=1S/C25H35N3O5S/c1-27(2)34(30,31)21-10-8-9-19(15-21)24(29)18-26-17-23(28-13-6-5-7-14-28)22-16-20(32-3)11-12-25(22)33-4/h8-12,15-16,23,26H,5-7,13-14,17-18H2,1-4H3. The summed E-state index contributed by atoms with van der Waals surface area (Å²) in [6, 6.07) is 12.0. The lowest BCUT2D eigenvalue weighted by atomic mass is 10.00. The van der Waals surface area contributed by atoms with E-state index in [-0.39, 0.29) is 23.3 Å². The summed E-state index contributed by atoms with van der Waals surface area (Å²) in [5, 5.41) is 3.30. The van der Waals surface area contributed by atoms with E-state index in [2.05, 4.69) is 10.2 Å². The van der Waals surface area contributed by atoms with Crippen LogP contribution in [0.25, 0.3) is 0 Å². The van der Waals surface area contributed by atoms with Crippen LogP contribution in [0.4, 0.5) is 0 Å². The van der Waals surface area contributed by atoms with Gasteiger partial charge in [0.15, 0.2) is 5.78 Å². The Morgan fingerprint density at radius 3 is 2.44 bits per heavy atom. The molecule has 0 amide bonds. The van der Waals surface area contributed by atoms with Gasteiger partial charge in [-0.3, -0.25) is 9.69 Å². The fraction of sp³-hybridized carbons (Fsp3) is 0.480. The fourth-order valence-corrected chi connectivity index (χ4v) is 5.18. The number of nitrogens with one attached hydrogen (secondary N) is 1. The molecule has 3 rings (SSSR count). The number of rotatable bonds is 11. The zero-order chi connectivity index (χ0) is 24.7. The quantitative estimate of drug-likeness (QED) is 0.486. The summed E-state index contributed by atoms with van der Waals surface area (Å²) < 4.78 is 37.1. The van der Waals surface area contributed by atoms with Crippen LogP contribution < -0.4 is 14.8 Å². The second-order valence-corrected chi connectivity index (χ2v) is 10.7. The van der Waals surface area contributed by atoms with Crippen LogP contribution in [-0.4, -0.2) is 77.9 Å². The largest absolute Gasteiger partial charge is 0.497 e. The van der Waals surface area contributed by atoms with E-state index in [0.717, 1.165) is 47.3 Å². The molecule has 1 atom stereocenters. The van der Waals surface area contributed by atoms with Crippen LogP contribution in [0.5, 0.6) is 11.5 Å². The number of benzene rings is 2. The van der Waals surface area contributed by atoms with Crippen molar-refractivity contribution in [3.8, 4) is 11.5 Å². The number of carbonyl (C=O) groups is 1. The lowest BCUT2D eigenvalue weighted by Crippen LogP contribution is -2.40. The molecule has 1 aliphatic rings. The number of likely N-dealkylation sites (tertiary alicyclic amines) is 1. The molecule has 1 unspecified atom stereocenters. The molecule has 2 aromatic carbocycles. The van der Waals surface area contributed by atoms with E-state index >= 15 is 0 Å². The molecule has 1 aliphatic heterocycles. The molecule has 186 valence electrons. The van der Waals surface area contributed by atoms with Crippen molar-refractivity contribution in [1.82, 2.24) is 14.5 Å². The average molecular weight is 490 g/mol. The van der Waals surface area contributed by atoms with Gasteiger partial charge >= 0.3 is 0 Å². The molecule has 1 heterocycles. The first-order chi connectivity index (χ1) is 16.3. The number of methoxy groups -OCH3 is 2. The minimum atomic E-state index is -3.60. The third-order valence-electron chi connectivity index (χ3n) is 6.19. The molecule has 0 aromatic heterocycles. The van der Waals surface area contributed by atoms with Gasteiger partial charge in [-0.05, 0) is 56.3 Å². The Bertz CT molecular complexity index is 1080. The molecule has 0 radical (unpaired) electrons. The number of nitrogens with zero attached hydrogens (tertiary/aromatic N) is 2. The van der Waals surface area contributed by atoms with Gasteiger partial charge in [-0.25, -0.2) is 12.7 Å². The predicted molar refractivity (Wildman–Crippen MR) is 132 cm³/mol. The summed E-state index contributed by atoms with van der Waals surface area (Å²) >= 11 is 0. The van der Waals surface area contributed by atoms with Crippen molar-refractivity contribution >= 4 is 15.8 Å². The molecule has 0 bridgehead atoms. The first kappa shape index (κ1) is 26.2. The number of ketones is 1. The summed E-state index contributed by atoms with van der Waals surface area (Å²) in [7, 11) is 2.64. The van der Waals surface area contributed by atoms with Crippen LogP contribution in [0.2, 0.25) is 0 Å². The van der Waals surface area contributed by atoms with Crippen LogP contribution in [0.3, 0.4) is 0 Å². The summed E-state index contributed by atoms with van der Waals surface area (Å²) in [5.74, 6) is 1.38. The highest BCUT2D eigenvalue weighted by Crippen LogP contribution is 2.34. The van der Waals surface area contributed by atoms with Crippen LogP contribution in [0.1, 0.15) is 41.2 Å². The lowest BCUT2D eigenvalue weighted by Gasteiger charge is -2.35. The van der Waals surface area contributed by atoms with Gasteiger partial charge in [-0.15, -0.1) is 0 Å². The molecule has 34 heavy (non-hydrogen) atoms. The Kier molecular flexibility index (Phi) is 9.07. The zero-order valence-electron chi connectivity index (χ0n) is 20.4. The summed E-state index contributed by atoms with van der Waals surface area (Å²) in [6.07, 6.45) is 3.49. The van der Waals surface area contributed by atoms with Crippen LogP contribution >= 0.6 is 0 Å². The number of sulfonamides is 1. The first-order valence-electron chi connectivity index (χ1n) is 11.5. The SMILES string of the molecule is COc1ccc(OC)c(C(CNCC(=O)c2cccc(S(=O)(=O)N(C)C)c2)N2CCCCC2)c1. The molecular formula is C25H35N3O5S. The minimum Gasteiger partial charge on any atom is -0.497 e.